The maximum Gasteiger partial charge on any atom is 0.243 e. The zero-order chi connectivity index (χ0) is 27.7. The molecule has 4 N–H and O–H groups in total. The van der Waals surface area contributed by atoms with E-state index < -0.39 is 47.8 Å². The Kier molecular flexibility index (Phi) is 10.4. The minimum absolute atomic E-state index is 0.109. The molecule has 1 saturated heterocycles. The smallest absolute Gasteiger partial charge is 0.243 e. The molecule has 0 radical (unpaired) electrons. The molecular weight excluding hydrogens is 480 g/mol. The quantitative estimate of drug-likeness (QED) is 0.428. The number of amides is 4. The molecule has 8 heteroatoms. The summed E-state index contributed by atoms with van der Waals surface area (Å²) in [5.74, 6) is -1.49. The van der Waals surface area contributed by atoms with Crippen molar-refractivity contribution in [2.24, 2.45) is 11.8 Å². The monoisotopic (exact) mass is 520 g/mol. The van der Waals surface area contributed by atoms with Gasteiger partial charge in [-0.1, -0.05) is 88.4 Å². The molecule has 204 valence electrons. The van der Waals surface area contributed by atoms with Crippen LogP contribution in [0.2, 0.25) is 0 Å². The van der Waals surface area contributed by atoms with Crippen LogP contribution in [-0.2, 0) is 32.0 Å². The fraction of sp³-hybridized carbons (Fsp3) is 0.467. The van der Waals surface area contributed by atoms with E-state index in [1.165, 1.54) is 0 Å². The molecule has 38 heavy (non-hydrogen) atoms. The lowest BCUT2D eigenvalue weighted by Crippen LogP contribution is -2.62. The number of carbonyl (C=O) groups is 4. The minimum Gasteiger partial charge on any atom is -0.343 e. The van der Waals surface area contributed by atoms with Gasteiger partial charge in [0.25, 0.3) is 0 Å². The second-order valence-electron chi connectivity index (χ2n) is 10.9. The van der Waals surface area contributed by atoms with Crippen LogP contribution in [0.4, 0.5) is 0 Å². The van der Waals surface area contributed by atoms with Gasteiger partial charge in [-0.2, -0.15) is 0 Å². The van der Waals surface area contributed by atoms with Gasteiger partial charge in [-0.25, -0.2) is 0 Å². The van der Waals surface area contributed by atoms with E-state index in [9.17, 15) is 19.2 Å². The van der Waals surface area contributed by atoms with E-state index in [2.05, 4.69) is 21.3 Å². The molecule has 0 bridgehead atoms. The number of carbonyl (C=O) groups excluding carboxylic acids is 4. The molecule has 0 unspecified atom stereocenters. The number of rotatable bonds is 8. The topological polar surface area (TPSA) is 116 Å². The van der Waals surface area contributed by atoms with Crippen molar-refractivity contribution in [3.8, 4) is 0 Å². The van der Waals surface area contributed by atoms with Crippen molar-refractivity contribution in [2.75, 3.05) is 0 Å². The molecule has 1 heterocycles. The average Bonchev–Trinajstić information content (AvgIpc) is 2.87. The molecule has 0 saturated carbocycles. The predicted molar refractivity (Wildman–Crippen MR) is 147 cm³/mol. The van der Waals surface area contributed by atoms with Gasteiger partial charge in [-0.05, 0) is 35.8 Å². The summed E-state index contributed by atoms with van der Waals surface area (Å²) in [6.45, 7) is 7.85. The Balaban J connectivity index is 1.96. The molecule has 3 rings (SSSR count). The second kappa shape index (κ2) is 13.7. The van der Waals surface area contributed by atoms with E-state index in [0.717, 1.165) is 11.1 Å². The highest BCUT2D eigenvalue weighted by Crippen LogP contribution is 2.13. The van der Waals surface area contributed by atoms with Crippen LogP contribution in [0.5, 0.6) is 0 Å². The van der Waals surface area contributed by atoms with Crippen molar-refractivity contribution in [1.29, 1.82) is 0 Å². The minimum atomic E-state index is -0.904. The summed E-state index contributed by atoms with van der Waals surface area (Å²) in [4.78, 5) is 53.9. The molecule has 2 aromatic carbocycles. The highest BCUT2D eigenvalue weighted by Gasteiger charge is 2.34. The van der Waals surface area contributed by atoms with Crippen LogP contribution in [0.15, 0.2) is 60.7 Å². The lowest BCUT2D eigenvalue weighted by atomic mass is 9.97. The molecule has 1 fully saturated rings. The Labute approximate surface area is 225 Å². The van der Waals surface area contributed by atoms with Gasteiger partial charge in [0.1, 0.15) is 24.2 Å². The van der Waals surface area contributed by atoms with E-state index in [4.69, 9.17) is 0 Å². The van der Waals surface area contributed by atoms with Crippen molar-refractivity contribution in [3.63, 3.8) is 0 Å². The van der Waals surface area contributed by atoms with Gasteiger partial charge in [-0.15, -0.1) is 0 Å². The van der Waals surface area contributed by atoms with Crippen molar-refractivity contribution in [3.05, 3.63) is 71.8 Å². The molecule has 1 aliphatic rings. The van der Waals surface area contributed by atoms with Crippen LogP contribution in [0.1, 0.15) is 51.7 Å². The van der Waals surface area contributed by atoms with Crippen LogP contribution in [-0.4, -0.2) is 47.8 Å². The molecular formula is C30H40N4O4. The van der Waals surface area contributed by atoms with Gasteiger partial charge >= 0.3 is 0 Å². The summed E-state index contributed by atoms with van der Waals surface area (Å²) in [7, 11) is 0. The van der Waals surface area contributed by atoms with Gasteiger partial charge < -0.3 is 21.3 Å². The summed E-state index contributed by atoms with van der Waals surface area (Å²) in [5, 5.41) is 11.5. The molecule has 1 aliphatic heterocycles. The Morgan fingerprint density at radius 2 is 0.789 bits per heavy atom. The van der Waals surface area contributed by atoms with Crippen molar-refractivity contribution in [2.45, 2.75) is 77.5 Å². The maximum absolute atomic E-state index is 13.5. The normalized spacial score (nSPS) is 23.1. The number of hydrogen-bond acceptors (Lipinski definition) is 4. The van der Waals surface area contributed by atoms with E-state index in [1.54, 1.807) is 0 Å². The largest absolute Gasteiger partial charge is 0.343 e. The van der Waals surface area contributed by atoms with E-state index in [0.29, 0.717) is 12.8 Å². The molecule has 2 aromatic rings. The lowest BCUT2D eigenvalue weighted by Gasteiger charge is -2.30. The number of nitrogens with one attached hydrogen (secondary N) is 4. The summed E-state index contributed by atoms with van der Waals surface area (Å²) in [6, 6.07) is 15.3. The van der Waals surface area contributed by atoms with Crippen LogP contribution >= 0.6 is 0 Å². The van der Waals surface area contributed by atoms with Gasteiger partial charge in [0, 0.05) is 12.8 Å². The van der Waals surface area contributed by atoms with Crippen molar-refractivity contribution >= 4 is 23.6 Å². The Morgan fingerprint density at radius 3 is 1.11 bits per heavy atom. The zero-order valence-electron chi connectivity index (χ0n) is 22.7. The van der Waals surface area contributed by atoms with E-state index in [1.807, 2.05) is 88.4 Å². The first-order chi connectivity index (χ1) is 18.1. The highest BCUT2D eigenvalue weighted by molar-refractivity contribution is 5.97. The molecule has 8 nitrogen and oxygen atoms in total. The predicted octanol–water partition coefficient (Wildman–Crippen LogP) is 2.52. The van der Waals surface area contributed by atoms with Crippen molar-refractivity contribution < 1.29 is 19.2 Å². The lowest BCUT2D eigenvalue weighted by molar-refractivity contribution is -0.137. The average molecular weight is 521 g/mol. The van der Waals surface area contributed by atoms with E-state index in [-0.39, 0.29) is 24.7 Å². The first kappa shape index (κ1) is 28.9. The van der Waals surface area contributed by atoms with Gasteiger partial charge in [0.05, 0.1) is 0 Å². The molecule has 0 aliphatic carbocycles. The first-order valence-electron chi connectivity index (χ1n) is 13.4. The fourth-order valence-corrected chi connectivity index (χ4v) is 4.61. The van der Waals surface area contributed by atoms with Crippen molar-refractivity contribution in [1.82, 2.24) is 21.3 Å². The SMILES string of the molecule is CC(C)C[C@@H]1NC(=O)[C@H](Cc2ccccc2)NC(=O)[C@H](CC(C)C)NC(=O)[C@H](Cc2ccccc2)NC1=O. The second-order valence-corrected chi connectivity index (χ2v) is 10.9. The zero-order valence-corrected chi connectivity index (χ0v) is 22.7. The Morgan fingerprint density at radius 1 is 0.500 bits per heavy atom. The number of benzene rings is 2. The molecule has 4 atom stereocenters. The van der Waals surface area contributed by atoms with Gasteiger partial charge in [-0.3, -0.25) is 19.2 Å². The Hall–Kier alpha value is -3.68. The third-order valence-electron chi connectivity index (χ3n) is 6.51. The maximum atomic E-state index is 13.5. The van der Waals surface area contributed by atoms with E-state index >= 15 is 0 Å². The summed E-state index contributed by atoms with van der Waals surface area (Å²) < 4.78 is 0. The van der Waals surface area contributed by atoms with Gasteiger partial charge in [0.2, 0.25) is 23.6 Å². The van der Waals surface area contributed by atoms with Crippen LogP contribution in [0, 0.1) is 11.8 Å². The first-order valence-corrected chi connectivity index (χ1v) is 13.4. The summed E-state index contributed by atoms with van der Waals surface area (Å²) in [6.07, 6.45) is 1.29. The summed E-state index contributed by atoms with van der Waals surface area (Å²) >= 11 is 0. The third kappa shape index (κ3) is 8.71. The molecule has 0 aromatic heterocycles. The fourth-order valence-electron chi connectivity index (χ4n) is 4.61. The molecule has 4 amide bonds. The van der Waals surface area contributed by atoms with Gasteiger partial charge in [0.15, 0.2) is 0 Å². The van der Waals surface area contributed by atoms with Crippen LogP contribution in [0.3, 0.4) is 0 Å². The third-order valence-corrected chi connectivity index (χ3v) is 6.51. The standard InChI is InChI=1S/C30H40N4O4/c1-19(2)15-23-27(35)33-26(18-22-13-9-6-10-14-22)30(38)32-24(16-20(3)4)28(36)34-25(29(37)31-23)17-21-11-7-5-8-12-21/h5-14,19-20,23-26H,15-18H2,1-4H3,(H,31,37)(H,32,38)(H,33,35)(H,34,36)/t23-,24-,25-,26-/m0/s1. The van der Waals surface area contributed by atoms with Crippen LogP contribution in [0.25, 0.3) is 0 Å². The highest BCUT2D eigenvalue weighted by atomic mass is 16.2. The Bertz CT molecular complexity index is 1000. The molecule has 0 spiro atoms. The number of hydrogen-bond donors (Lipinski definition) is 4. The summed E-state index contributed by atoms with van der Waals surface area (Å²) in [5.41, 5.74) is 1.74. The van der Waals surface area contributed by atoms with Crippen LogP contribution < -0.4 is 21.3 Å².